The highest BCUT2D eigenvalue weighted by molar-refractivity contribution is 5.40. The van der Waals surface area contributed by atoms with Gasteiger partial charge in [0.1, 0.15) is 0 Å². The van der Waals surface area contributed by atoms with E-state index in [0.29, 0.717) is 5.92 Å². The molecule has 1 heterocycles. The van der Waals surface area contributed by atoms with E-state index in [2.05, 4.69) is 62.0 Å². The van der Waals surface area contributed by atoms with Crippen molar-refractivity contribution in [3.05, 3.63) is 46.8 Å². The molecule has 1 atom stereocenters. The van der Waals surface area contributed by atoms with Crippen LogP contribution in [0, 0.1) is 20.8 Å². The zero-order valence-electron chi connectivity index (χ0n) is 12.5. The summed E-state index contributed by atoms with van der Waals surface area (Å²) in [6.45, 7) is 9.58. The van der Waals surface area contributed by atoms with Gasteiger partial charge in [-0.2, -0.15) is 5.10 Å². The highest BCUT2D eigenvalue weighted by Gasteiger charge is 2.17. The topological polar surface area (TPSA) is 29.9 Å². The molecule has 1 aromatic carbocycles. The minimum Gasteiger partial charge on any atom is -0.319 e. The van der Waals surface area contributed by atoms with Crippen molar-refractivity contribution in [1.82, 2.24) is 15.1 Å². The molecule has 3 nitrogen and oxygen atoms in total. The average Bonchev–Trinajstić information content (AvgIpc) is 2.65. The molecule has 0 aliphatic heterocycles. The number of benzene rings is 1. The number of aryl methyl sites for hydroxylation is 2. The van der Waals surface area contributed by atoms with Gasteiger partial charge in [-0.25, -0.2) is 4.68 Å². The molecule has 0 amide bonds. The third kappa shape index (κ3) is 2.71. The van der Waals surface area contributed by atoms with Gasteiger partial charge in [0.25, 0.3) is 0 Å². The van der Waals surface area contributed by atoms with Crippen LogP contribution in [0.1, 0.15) is 35.4 Å². The maximum atomic E-state index is 4.71. The number of aromatic nitrogens is 2. The van der Waals surface area contributed by atoms with Crippen LogP contribution in [0.5, 0.6) is 0 Å². The van der Waals surface area contributed by atoms with Crippen LogP contribution in [-0.4, -0.2) is 23.4 Å². The monoisotopic (exact) mass is 257 g/mol. The molecule has 0 saturated carbocycles. The predicted octanol–water partition coefficient (Wildman–Crippen LogP) is 3.12. The minimum absolute atomic E-state index is 0.476. The molecular weight excluding hydrogens is 234 g/mol. The Labute approximate surface area is 115 Å². The van der Waals surface area contributed by atoms with Crippen molar-refractivity contribution in [3.63, 3.8) is 0 Å². The number of rotatable bonds is 4. The summed E-state index contributed by atoms with van der Waals surface area (Å²) in [6.07, 6.45) is 0. The molecule has 2 aromatic rings. The molecule has 0 aliphatic carbocycles. The summed E-state index contributed by atoms with van der Waals surface area (Å²) in [5, 5.41) is 7.96. The summed E-state index contributed by atoms with van der Waals surface area (Å²) in [6, 6.07) is 8.47. The Bertz CT molecular complexity index is 569. The maximum absolute atomic E-state index is 4.71. The molecule has 0 spiro atoms. The first kappa shape index (κ1) is 13.8. The first-order valence-corrected chi connectivity index (χ1v) is 6.82. The molecule has 19 heavy (non-hydrogen) atoms. The summed E-state index contributed by atoms with van der Waals surface area (Å²) in [5.41, 5.74) is 6.13. The largest absolute Gasteiger partial charge is 0.319 e. The third-order valence-corrected chi connectivity index (χ3v) is 3.60. The van der Waals surface area contributed by atoms with E-state index < -0.39 is 0 Å². The Morgan fingerprint density at radius 3 is 2.63 bits per heavy atom. The molecule has 0 saturated heterocycles. The lowest BCUT2D eigenvalue weighted by atomic mass is 9.99. The molecule has 1 unspecified atom stereocenters. The van der Waals surface area contributed by atoms with E-state index in [-0.39, 0.29) is 0 Å². The van der Waals surface area contributed by atoms with Crippen LogP contribution >= 0.6 is 0 Å². The van der Waals surface area contributed by atoms with Crippen molar-refractivity contribution < 1.29 is 0 Å². The Hall–Kier alpha value is -1.61. The second kappa shape index (κ2) is 5.57. The predicted molar refractivity (Wildman–Crippen MR) is 80.1 cm³/mol. The number of likely N-dealkylation sites (N-methyl/N-ethyl adjacent to an activating group) is 1. The second-order valence-corrected chi connectivity index (χ2v) is 5.29. The quantitative estimate of drug-likeness (QED) is 0.912. The van der Waals surface area contributed by atoms with Crippen LogP contribution in [0.15, 0.2) is 24.3 Å². The normalized spacial score (nSPS) is 12.7. The zero-order chi connectivity index (χ0) is 14.0. The number of nitrogens with one attached hydrogen (secondary N) is 1. The van der Waals surface area contributed by atoms with Gasteiger partial charge < -0.3 is 5.32 Å². The van der Waals surface area contributed by atoms with Gasteiger partial charge in [0.2, 0.25) is 0 Å². The smallest absolute Gasteiger partial charge is 0.0651 e. The van der Waals surface area contributed by atoms with Crippen molar-refractivity contribution in [2.75, 3.05) is 13.6 Å². The highest BCUT2D eigenvalue weighted by Crippen LogP contribution is 2.25. The third-order valence-electron chi connectivity index (χ3n) is 3.60. The van der Waals surface area contributed by atoms with Crippen LogP contribution in [-0.2, 0) is 0 Å². The molecule has 102 valence electrons. The fourth-order valence-corrected chi connectivity index (χ4v) is 2.79. The Balaban J connectivity index is 2.47. The Morgan fingerprint density at radius 1 is 1.26 bits per heavy atom. The fraction of sp³-hybridized carbons (Fsp3) is 0.438. The molecule has 0 bridgehead atoms. The highest BCUT2D eigenvalue weighted by atomic mass is 15.3. The Morgan fingerprint density at radius 2 is 2.00 bits per heavy atom. The lowest BCUT2D eigenvalue weighted by Gasteiger charge is -2.12. The number of hydrogen-bond acceptors (Lipinski definition) is 2. The standard InChI is InChI=1S/C16H23N3/c1-11-7-6-8-15(9-11)19-14(4)16(13(3)18-19)12(2)10-17-5/h6-9,12,17H,10H2,1-5H3. The molecule has 0 fully saturated rings. The van der Waals surface area contributed by atoms with Gasteiger partial charge in [-0.1, -0.05) is 19.1 Å². The zero-order valence-corrected chi connectivity index (χ0v) is 12.5. The first-order valence-electron chi connectivity index (χ1n) is 6.82. The van der Waals surface area contributed by atoms with Crippen LogP contribution in [0.4, 0.5) is 0 Å². The molecule has 1 N–H and O–H groups in total. The summed E-state index contributed by atoms with van der Waals surface area (Å²) in [7, 11) is 1.99. The summed E-state index contributed by atoms with van der Waals surface area (Å²) >= 11 is 0. The first-order chi connectivity index (χ1) is 9.04. The van der Waals surface area contributed by atoms with Crippen molar-refractivity contribution in [1.29, 1.82) is 0 Å². The number of nitrogens with zero attached hydrogens (tertiary/aromatic N) is 2. The summed E-state index contributed by atoms with van der Waals surface area (Å²) in [5.74, 6) is 0.476. The minimum atomic E-state index is 0.476. The number of hydrogen-bond donors (Lipinski definition) is 1. The van der Waals surface area contributed by atoms with Crippen LogP contribution in [0.25, 0.3) is 5.69 Å². The van der Waals surface area contributed by atoms with Crippen molar-refractivity contribution >= 4 is 0 Å². The van der Waals surface area contributed by atoms with Gasteiger partial charge in [0.15, 0.2) is 0 Å². The van der Waals surface area contributed by atoms with E-state index >= 15 is 0 Å². The van der Waals surface area contributed by atoms with Crippen LogP contribution in [0.2, 0.25) is 0 Å². The van der Waals surface area contributed by atoms with E-state index in [4.69, 9.17) is 5.10 Å². The van der Waals surface area contributed by atoms with Crippen LogP contribution < -0.4 is 5.32 Å². The average molecular weight is 257 g/mol. The van der Waals surface area contributed by atoms with E-state index in [0.717, 1.165) is 17.9 Å². The lowest BCUT2D eigenvalue weighted by molar-refractivity contribution is 0.670. The van der Waals surface area contributed by atoms with E-state index in [9.17, 15) is 0 Å². The Kier molecular flexibility index (Phi) is 4.05. The van der Waals surface area contributed by atoms with Gasteiger partial charge >= 0.3 is 0 Å². The molecule has 3 heteroatoms. The van der Waals surface area contributed by atoms with Crippen LogP contribution in [0.3, 0.4) is 0 Å². The van der Waals surface area contributed by atoms with Gasteiger partial charge in [0.05, 0.1) is 11.4 Å². The van der Waals surface area contributed by atoms with Gasteiger partial charge in [-0.05, 0) is 51.4 Å². The van der Waals surface area contributed by atoms with E-state index in [1.807, 2.05) is 7.05 Å². The van der Waals surface area contributed by atoms with Crippen molar-refractivity contribution in [3.8, 4) is 5.69 Å². The SMILES string of the molecule is CNCC(C)c1c(C)nn(-c2cccc(C)c2)c1C. The molecule has 0 aliphatic rings. The maximum Gasteiger partial charge on any atom is 0.0651 e. The van der Waals surface area contributed by atoms with E-state index in [1.54, 1.807) is 0 Å². The van der Waals surface area contributed by atoms with Gasteiger partial charge in [-0.3, -0.25) is 0 Å². The molecule has 0 radical (unpaired) electrons. The van der Waals surface area contributed by atoms with Gasteiger partial charge in [-0.15, -0.1) is 0 Å². The van der Waals surface area contributed by atoms with Crippen molar-refractivity contribution in [2.24, 2.45) is 0 Å². The van der Waals surface area contributed by atoms with Gasteiger partial charge in [0, 0.05) is 17.8 Å². The molecular formula is C16H23N3. The summed E-state index contributed by atoms with van der Waals surface area (Å²) < 4.78 is 2.06. The second-order valence-electron chi connectivity index (χ2n) is 5.29. The molecule has 2 rings (SSSR count). The molecule has 1 aromatic heterocycles. The van der Waals surface area contributed by atoms with E-state index in [1.165, 1.54) is 16.8 Å². The summed E-state index contributed by atoms with van der Waals surface area (Å²) in [4.78, 5) is 0. The van der Waals surface area contributed by atoms with Crippen molar-refractivity contribution in [2.45, 2.75) is 33.6 Å². The fourth-order valence-electron chi connectivity index (χ4n) is 2.79. The lowest BCUT2D eigenvalue weighted by Crippen LogP contribution is -2.15.